The SMILES string of the molecule is O=C1NCCN1CCNc1cccc2ccccc12. The molecule has 3 rings (SSSR count). The Hall–Kier alpha value is -2.23. The van der Waals surface area contributed by atoms with Crippen LogP contribution in [0.4, 0.5) is 10.5 Å². The molecule has 0 bridgehead atoms. The zero-order valence-electron chi connectivity index (χ0n) is 10.7. The van der Waals surface area contributed by atoms with Crippen LogP contribution in [0.15, 0.2) is 42.5 Å². The highest BCUT2D eigenvalue weighted by atomic mass is 16.2. The smallest absolute Gasteiger partial charge is 0.317 e. The summed E-state index contributed by atoms with van der Waals surface area (Å²) in [5, 5.41) is 8.67. The van der Waals surface area contributed by atoms with E-state index >= 15 is 0 Å². The molecule has 0 aliphatic carbocycles. The quantitative estimate of drug-likeness (QED) is 0.880. The molecule has 1 heterocycles. The van der Waals surface area contributed by atoms with Crippen LogP contribution in [0.5, 0.6) is 0 Å². The first-order valence-corrected chi connectivity index (χ1v) is 6.59. The van der Waals surface area contributed by atoms with Crippen LogP contribution >= 0.6 is 0 Å². The maximum absolute atomic E-state index is 11.4. The third-order valence-corrected chi connectivity index (χ3v) is 3.43. The number of amides is 2. The fourth-order valence-electron chi connectivity index (χ4n) is 2.43. The fourth-order valence-corrected chi connectivity index (χ4v) is 2.43. The second-order valence-corrected chi connectivity index (χ2v) is 4.67. The van der Waals surface area contributed by atoms with E-state index in [0.717, 1.165) is 31.9 Å². The molecule has 2 aromatic rings. The van der Waals surface area contributed by atoms with Gasteiger partial charge < -0.3 is 15.5 Å². The number of hydrogen-bond donors (Lipinski definition) is 2. The van der Waals surface area contributed by atoms with Crippen LogP contribution in [-0.4, -0.2) is 37.1 Å². The summed E-state index contributed by atoms with van der Waals surface area (Å²) in [7, 11) is 0. The van der Waals surface area contributed by atoms with Crippen molar-refractivity contribution in [1.29, 1.82) is 0 Å². The fraction of sp³-hybridized carbons (Fsp3) is 0.267. The summed E-state index contributed by atoms with van der Waals surface area (Å²) in [6.07, 6.45) is 0. The van der Waals surface area contributed by atoms with E-state index in [1.165, 1.54) is 10.8 Å². The Bertz CT molecular complexity index is 591. The number of nitrogens with one attached hydrogen (secondary N) is 2. The lowest BCUT2D eigenvalue weighted by molar-refractivity contribution is 0.219. The molecule has 1 aliphatic rings. The lowest BCUT2D eigenvalue weighted by Gasteiger charge is -2.15. The van der Waals surface area contributed by atoms with Crippen LogP contribution in [0.1, 0.15) is 0 Å². The molecular formula is C15H17N3O. The summed E-state index contributed by atoms with van der Waals surface area (Å²) in [6, 6.07) is 14.6. The minimum atomic E-state index is 0.0414. The Morgan fingerprint density at radius 2 is 2.00 bits per heavy atom. The number of urea groups is 1. The number of fused-ring (bicyclic) bond motifs is 1. The summed E-state index contributed by atoms with van der Waals surface area (Å²) in [6.45, 7) is 3.06. The molecule has 0 spiro atoms. The predicted molar refractivity (Wildman–Crippen MR) is 77.4 cm³/mol. The number of hydrogen-bond acceptors (Lipinski definition) is 2. The Morgan fingerprint density at radius 1 is 1.16 bits per heavy atom. The second kappa shape index (κ2) is 5.18. The molecule has 1 saturated heterocycles. The van der Waals surface area contributed by atoms with Crippen molar-refractivity contribution in [3.05, 3.63) is 42.5 Å². The maximum Gasteiger partial charge on any atom is 0.317 e. The summed E-state index contributed by atoms with van der Waals surface area (Å²) < 4.78 is 0. The molecule has 2 amide bonds. The highest BCUT2D eigenvalue weighted by Gasteiger charge is 2.18. The molecule has 4 heteroatoms. The zero-order chi connectivity index (χ0) is 13.1. The van der Waals surface area contributed by atoms with Crippen LogP contribution in [0.3, 0.4) is 0 Å². The molecule has 1 fully saturated rings. The first-order chi connectivity index (χ1) is 9.34. The summed E-state index contributed by atoms with van der Waals surface area (Å²) in [5.74, 6) is 0. The minimum absolute atomic E-state index is 0.0414. The van der Waals surface area contributed by atoms with Crippen molar-refractivity contribution in [1.82, 2.24) is 10.2 Å². The minimum Gasteiger partial charge on any atom is -0.383 e. The van der Waals surface area contributed by atoms with E-state index in [4.69, 9.17) is 0 Å². The predicted octanol–water partition coefficient (Wildman–Crippen LogP) is 2.28. The number of benzene rings is 2. The normalized spacial score (nSPS) is 14.7. The molecule has 4 nitrogen and oxygen atoms in total. The molecule has 1 aliphatic heterocycles. The first kappa shape index (κ1) is 11.8. The Morgan fingerprint density at radius 3 is 2.84 bits per heavy atom. The average Bonchev–Trinajstić information content (AvgIpc) is 2.85. The molecule has 19 heavy (non-hydrogen) atoms. The highest BCUT2D eigenvalue weighted by molar-refractivity contribution is 5.93. The Balaban J connectivity index is 1.67. The standard InChI is InChI=1S/C15H17N3O/c19-15-17-9-11-18(15)10-8-16-14-7-3-5-12-4-1-2-6-13(12)14/h1-7,16H,8-11H2,(H,17,19). The first-order valence-electron chi connectivity index (χ1n) is 6.59. The molecule has 0 aromatic heterocycles. The van der Waals surface area contributed by atoms with Crippen molar-refractivity contribution in [3.8, 4) is 0 Å². The summed E-state index contributed by atoms with van der Waals surface area (Å²) in [5.41, 5.74) is 1.12. The molecule has 0 saturated carbocycles. The number of carbonyl (C=O) groups excluding carboxylic acids is 1. The lowest BCUT2D eigenvalue weighted by atomic mass is 10.1. The van der Waals surface area contributed by atoms with Gasteiger partial charge in [-0.25, -0.2) is 4.79 Å². The zero-order valence-corrected chi connectivity index (χ0v) is 10.7. The van der Waals surface area contributed by atoms with E-state index in [9.17, 15) is 4.79 Å². The van der Waals surface area contributed by atoms with E-state index in [2.05, 4.69) is 34.9 Å². The van der Waals surface area contributed by atoms with Gasteiger partial charge in [0.2, 0.25) is 0 Å². The van der Waals surface area contributed by atoms with Gasteiger partial charge >= 0.3 is 6.03 Å². The van der Waals surface area contributed by atoms with E-state index in [1.54, 1.807) is 0 Å². The van der Waals surface area contributed by atoms with Crippen molar-refractivity contribution in [3.63, 3.8) is 0 Å². The van der Waals surface area contributed by atoms with Gasteiger partial charge in [-0.15, -0.1) is 0 Å². The van der Waals surface area contributed by atoms with Crippen molar-refractivity contribution >= 4 is 22.5 Å². The Kier molecular flexibility index (Phi) is 3.23. The van der Waals surface area contributed by atoms with Gasteiger partial charge in [0.1, 0.15) is 0 Å². The van der Waals surface area contributed by atoms with Gasteiger partial charge in [0.15, 0.2) is 0 Å². The second-order valence-electron chi connectivity index (χ2n) is 4.67. The Labute approximate surface area is 112 Å². The molecule has 98 valence electrons. The van der Waals surface area contributed by atoms with E-state index < -0.39 is 0 Å². The van der Waals surface area contributed by atoms with Gasteiger partial charge in [-0.05, 0) is 11.5 Å². The van der Waals surface area contributed by atoms with Gasteiger partial charge in [0.25, 0.3) is 0 Å². The topological polar surface area (TPSA) is 44.4 Å². The third-order valence-electron chi connectivity index (χ3n) is 3.43. The van der Waals surface area contributed by atoms with Crippen molar-refractivity contribution in [2.45, 2.75) is 0 Å². The highest BCUT2D eigenvalue weighted by Crippen LogP contribution is 2.22. The van der Waals surface area contributed by atoms with Gasteiger partial charge in [-0.1, -0.05) is 36.4 Å². The van der Waals surface area contributed by atoms with Crippen molar-refractivity contribution < 1.29 is 4.79 Å². The number of anilines is 1. The molecule has 2 N–H and O–H groups in total. The van der Waals surface area contributed by atoms with Crippen LogP contribution in [-0.2, 0) is 0 Å². The monoisotopic (exact) mass is 255 g/mol. The van der Waals surface area contributed by atoms with Gasteiger partial charge in [-0.2, -0.15) is 0 Å². The van der Waals surface area contributed by atoms with E-state index in [0.29, 0.717) is 0 Å². The number of nitrogens with zero attached hydrogens (tertiary/aromatic N) is 1. The summed E-state index contributed by atoms with van der Waals surface area (Å²) >= 11 is 0. The van der Waals surface area contributed by atoms with Gasteiger partial charge in [0, 0.05) is 37.3 Å². The van der Waals surface area contributed by atoms with E-state index in [-0.39, 0.29) is 6.03 Å². The molecule has 0 radical (unpaired) electrons. The van der Waals surface area contributed by atoms with Crippen LogP contribution < -0.4 is 10.6 Å². The van der Waals surface area contributed by atoms with Crippen LogP contribution in [0.2, 0.25) is 0 Å². The number of carbonyl (C=O) groups is 1. The van der Waals surface area contributed by atoms with Gasteiger partial charge in [-0.3, -0.25) is 0 Å². The summed E-state index contributed by atoms with van der Waals surface area (Å²) in [4.78, 5) is 13.2. The van der Waals surface area contributed by atoms with E-state index in [1.807, 2.05) is 23.1 Å². The van der Waals surface area contributed by atoms with Crippen molar-refractivity contribution in [2.75, 3.05) is 31.5 Å². The number of rotatable bonds is 4. The third kappa shape index (κ3) is 2.47. The molecule has 0 atom stereocenters. The molecule has 0 unspecified atom stereocenters. The van der Waals surface area contributed by atoms with Gasteiger partial charge in [0.05, 0.1) is 0 Å². The van der Waals surface area contributed by atoms with Crippen LogP contribution in [0.25, 0.3) is 10.8 Å². The van der Waals surface area contributed by atoms with Crippen molar-refractivity contribution in [2.24, 2.45) is 0 Å². The average molecular weight is 255 g/mol. The maximum atomic E-state index is 11.4. The molecule has 2 aromatic carbocycles. The lowest BCUT2D eigenvalue weighted by Crippen LogP contribution is -2.32. The van der Waals surface area contributed by atoms with Crippen LogP contribution in [0, 0.1) is 0 Å². The largest absolute Gasteiger partial charge is 0.383 e. The molecular weight excluding hydrogens is 238 g/mol.